The lowest BCUT2D eigenvalue weighted by atomic mass is 10.1. The molecule has 0 spiro atoms. The van der Waals surface area contributed by atoms with E-state index in [0.29, 0.717) is 6.61 Å². The Bertz CT molecular complexity index is 396. The summed E-state index contributed by atoms with van der Waals surface area (Å²) in [6.07, 6.45) is 0. The van der Waals surface area contributed by atoms with Crippen LogP contribution in [0.5, 0.6) is 0 Å². The molecule has 1 aliphatic rings. The molecule has 1 aromatic rings. The van der Waals surface area contributed by atoms with E-state index in [1.54, 1.807) is 0 Å². The highest BCUT2D eigenvalue weighted by molar-refractivity contribution is 6.76. The summed E-state index contributed by atoms with van der Waals surface area (Å²) in [5, 5.41) is 0. The smallest absolute Gasteiger partial charge is 0.372 e. The summed E-state index contributed by atoms with van der Waals surface area (Å²) in [5.74, 6) is -0.671. The highest BCUT2D eigenvalue weighted by atomic mass is 28.4. The predicted molar refractivity (Wildman–Crippen MR) is 75.8 cm³/mol. The quantitative estimate of drug-likeness (QED) is 0.740. The van der Waals surface area contributed by atoms with Gasteiger partial charge in [0, 0.05) is 5.56 Å². The van der Waals surface area contributed by atoms with Crippen LogP contribution in [-0.4, -0.2) is 24.2 Å². The minimum absolute atomic E-state index is 0.671. The highest BCUT2D eigenvalue weighted by Crippen LogP contribution is 2.31. The van der Waals surface area contributed by atoms with Gasteiger partial charge < -0.3 is 13.3 Å². The van der Waals surface area contributed by atoms with Crippen molar-refractivity contribution in [2.24, 2.45) is 0 Å². The predicted octanol–water partition coefficient (Wildman–Crippen LogP) is 3.25. The molecule has 2 rings (SSSR count). The maximum absolute atomic E-state index is 6.13. The van der Waals surface area contributed by atoms with Crippen LogP contribution < -0.4 is 0 Å². The molecule has 0 saturated carbocycles. The molecule has 0 amide bonds. The second-order valence-electron chi connectivity index (χ2n) is 5.37. The lowest BCUT2D eigenvalue weighted by molar-refractivity contribution is -0.187. The normalized spacial score (nSPS) is 29.6. The fourth-order valence-electron chi connectivity index (χ4n) is 2.14. The van der Waals surface area contributed by atoms with Gasteiger partial charge in [0.2, 0.25) is 0 Å². The Balaban J connectivity index is 2.19. The summed E-state index contributed by atoms with van der Waals surface area (Å²) < 4.78 is 18.2. The zero-order chi connectivity index (χ0) is 13.2. The van der Waals surface area contributed by atoms with E-state index in [1.165, 1.54) is 0 Å². The molecule has 1 aromatic carbocycles. The van der Waals surface area contributed by atoms with Crippen molar-refractivity contribution in [2.75, 3.05) is 6.61 Å². The van der Waals surface area contributed by atoms with E-state index in [4.69, 9.17) is 13.3 Å². The maximum atomic E-state index is 6.13. The Hall–Kier alpha value is -0.466. The molecule has 0 aliphatic carbocycles. The molecule has 1 fully saturated rings. The van der Waals surface area contributed by atoms with Gasteiger partial charge in [0.25, 0.3) is 0 Å². The van der Waals surface area contributed by atoms with Crippen LogP contribution in [0, 0.1) is 0 Å². The molecule has 18 heavy (non-hydrogen) atoms. The number of benzene rings is 1. The van der Waals surface area contributed by atoms with Crippen LogP contribution in [0.1, 0.15) is 12.5 Å². The van der Waals surface area contributed by atoms with Gasteiger partial charge >= 0.3 is 9.28 Å². The summed E-state index contributed by atoms with van der Waals surface area (Å²) in [6, 6.07) is 11.1. The lowest BCUT2D eigenvalue weighted by Gasteiger charge is -2.38. The Morgan fingerprint density at radius 1 is 1.22 bits per heavy atom. The van der Waals surface area contributed by atoms with E-state index < -0.39 is 23.4 Å². The minimum atomic E-state index is -1.60. The first-order chi connectivity index (χ1) is 8.41. The standard InChI is InChI=1S/C13H21O3Si2/c1-13(12-8-6-5-7-9-12)14-10-11-18(3,4)16-17(2)15-13/h5-9H,10-11H2,1-4H3. The molecule has 1 aliphatic heterocycles. The monoisotopic (exact) mass is 281 g/mol. The third-order valence-electron chi connectivity index (χ3n) is 3.14. The van der Waals surface area contributed by atoms with Gasteiger partial charge in [0.1, 0.15) is 0 Å². The average molecular weight is 281 g/mol. The van der Waals surface area contributed by atoms with Crippen molar-refractivity contribution in [1.82, 2.24) is 0 Å². The molecular weight excluding hydrogens is 260 g/mol. The third-order valence-corrected chi connectivity index (χ3v) is 8.58. The van der Waals surface area contributed by atoms with E-state index in [2.05, 4.69) is 19.6 Å². The highest BCUT2D eigenvalue weighted by Gasteiger charge is 2.38. The van der Waals surface area contributed by atoms with Crippen LogP contribution in [0.4, 0.5) is 0 Å². The van der Waals surface area contributed by atoms with E-state index >= 15 is 0 Å². The maximum Gasteiger partial charge on any atom is 0.372 e. The first kappa shape index (κ1) is 14.0. The van der Waals surface area contributed by atoms with Gasteiger partial charge in [-0.1, -0.05) is 30.3 Å². The first-order valence-electron chi connectivity index (χ1n) is 6.32. The molecule has 0 N–H and O–H groups in total. The number of ether oxygens (including phenoxy) is 1. The molecule has 1 unspecified atom stereocenters. The second kappa shape index (κ2) is 5.26. The largest absolute Gasteiger partial charge is 0.435 e. The van der Waals surface area contributed by atoms with Crippen molar-refractivity contribution in [3.8, 4) is 0 Å². The number of hydrogen-bond acceptors (Lipinski definition) is 3. The Morgan fingerprint density at radius 3 is 2.56 bits per heavy atom. The van der Waals surface area contributed by atoms with Crippen LogP contribution in [0.15, 0.2) is 30.3 Å². The SMILES string of the molecule is C[Si]1OC(C)(c2ccccc2)OCC[Si](C)(C)O1. The van der Waals surface area contributed by atoms with Crippen LogP contribution in [0.25, 0.3) is 0 Å². The van der Waals surface area contributed by atoms with Gasteiger partial charge in [-0.2, -0.15) is 0 Å². The Kier molecular flexibility index (Phi) is 4.08. The van der Waals surface area contributed by atoms with Gasteiger partial charge in [-0.3, -0.25) is 0 Å². The van der Waals surface area contributed by atoms with Crippen molar-refractivity contribution in [3.63, 3.8) is 0 Å². The minimum Gasteiger partial charge on any atom is -0.435 e. The summed E-state index contributed by atoms with van der Waals surface area (Å²) in [7, 11) is -2.88. The lowest BCUT2D eigenvalue weighted by Crippen LogP contribution is -2.47. The van der Waals surface area contributed by atoms with E-state index in [-0.39, 0.29) is 0 Å². The first-order valence-corrected chi connectivity index (χ1v) is 11.3. The second-order valence-corrected chi connectivity index (χ2v) is 11.4. The van der Waals surface area contributed by atoms with Crippen molar-refractivity contribution < 1.29 is 13.3 Å². The van der Waals surface area contributed by atoms with Gasteiger partial charge in [-0.15, -0.1) is 0 Å². The Labute approximate surface area is 112 Å². The molecule has 1 saturated heterocycles. The summed E-state index contributed by atoms with van der Waals surface area (Å²) >= 11 is 0. The van der Waals surface area contributed by atoms with Crippen molar-refractivity contribution in [1.29, 1.82) is 0 Å². The van der Waals surface area contributed by atoms with Crippen LogP contribution in [0.3, 0.4) is 0 Å². The summed E-state index contributed by atoms with van der Waals surface area (Å²) in [5.41, 5.74) is 1.05. The van der Waals surface area contributed by atoms with Gasteiger partial charge in [0.05, 0.1) is 6.61 Å². The number of hydrogen-bond donors (Lipinski definition) is 0. The van der Waals surface area contributed by atoms with Gasteiger partial charge in [-0.05, 0) is 32.6 Å². The molecule has 0 aromatic heterocycles. The molecule has 1 radical (unpaired) electrons. The van der Waals surface area contributed by atoms with E-state index in [0.717, 1.165) is 11.6 Å². The Morgan fingerprint density at radius 2 is 1.89 bits per heavy atom. The molecule has 1 atom stereocenters. The fraction of sp³-hybridized carbons (Fsp3) is 0.538. The van der Waals surface area contributed by atoms with Crippen molar-refractivity contribution in [3.05, 3.63) is 35.9 Å². The van der Waals surface area contributed by atoms with Crippen LogP contribution >= 0.6 is 0 Å². The van der Waals surface area contributed by atoms with E-state index in [9.17, 15) is 0 Å². The molecule has 0 bridgehead atoms. The molecule has 3 nitrogen and oxygen atoms in total. The summed E-state index contributed by atoms with van der Waals surface area (Å²) in [4.78, 5) is 0. The molecule has 99 valence electrons. The van der Waals surface area contributed by atoms with Crippen LogP contribution in [0.2, 0.25) is 25.7 Å². The van der Waals surface area contributed by atoms with Gasteiger partial charge in [-0.25, -0.2) is 0 Å². The summed E-state index contributed by atoms with van der Waals surface area (Å²) in [6.45, 7) is 9.17. The number of rotatable bonds is 1. The molecular formula is C13H21O3Si2. The zero-order valence-electron chi connectivity index (χ0n) is 11.5. The molecule has 1 heterocycles. The molecule has 5 heteroatoms. The zero-order valence-corrected chi connectivity index (χ0v) is 13.5. The fourth-order valence-corrected chi connectivity index (χ4v) is 7.15. The third kappa shape index (κ3) is 3.30. The van der Waals surface area contributed by atoms with Crippen LogP contribution in [-0.2, 0) is 19.1 Å². The topological polar surface area (TPSA) is 27.7 Å². The average Bonchev–Trinajstić information content (AvgIpc) is 2.27. The van der Waals surface area contributed by atoms with Crippen molar-refractivity contribution >= 4 is 17.6 Å². The van der Waals surface area contributed by atoms with Gasteiger partial charge in [0.15, 0.2) is 14.1 Å². The van der Waals surface area contributed by atoms with E-state index in [1.807, 2.05) is 37.3 Å². The van der Waals surface area contributed by atoms with Crippen molar-refractivity contribution in [2.45, 2.75) is 38.4 Å².